The second kappa shape index (κ2) is 8.98. The fourth-order valence-electron chi connectivity index (χ4n) is 4.27. The van der Waals surface area contributed by atoms with Crippen LogP contribution >= 0.6 is 0 Å². The van der Waals surface area contributed by atoms with Gasteiger partial charge in [0, 0.05) is 44.5 Å². The normalized spacial score (nSPS) is 17.2. The Morgan fingerprint density at radius 1 is 1.24 bits per heavy atom. The Bertz CT molecular complexity index is 1280. The topological polar surface area (TPSA) is 109 Å². The summed E-state index contributed by atoms with van der Waals surface area (Å²) in [5, 5.41) is 13.8. The van der Waals surface area contributed by atoms with Gasteiger partial charge in [-0.25, -0.2) is 4.98 Å². The molecule has 9 nitrogen and oxygen atoms in total. The lowest BCUT2D eigenvalue weighted by molar-refractivity contribution is 0.132. The standard InChI is InChI=1S/C24H25N7O2/c1-30-20-5-4-18(13-25)28-24(20)21(12-22(30)32)31-10-6-17(7-11-31)23(19-14-26-8-9-27-19)29-33-15-16-2-3-16/h4-5,8-9,12,14,16-17H,2-3,6-7,10-11,15H2,1H3/b29-23-. The van der Waals surface area contributed by atoms with Crippen LogP contribution < -0.4 is 10.5 Å². The summed E-state index contributed by atoms with van der Waals surface area (Å²) in [6.07, 6.45) is 9.13. The number of hydrogen-bond donors (Lipinski definition) is 0. The first kappa shape index (κ1) is 21.1. The molecule has 0 aromatic carbocycles. The molecule has 1 saturated carbocycles. The van der Waals surface area contributed by atoms with Gasteiger partial charge in [0.1, 0.15) is 35.3 Å². The summed E-state index contributed by atoms with van der Waals surface area (Å²) in [5.74, 6) is 0.802. The number of aryl methyl sites for hydroxylation is 1. The predicted molar refractivity (Wildman–Crippen MR) is 124 cm³/mol. The monoisotopic (exact) mass is 443 g/mol. The first-order chi connectivity index (χ1) is 16.1. The molecule has 3 aromatic heterocycles. The van der Waals surface area contributed by atoms with E-state index < -0.39 is 0 Å². The van der Waals surface area contributed by atoms with E-state index in [0.29, 0.717) is 29.3 Å². The molecule has 9 heteroatoms. The number of piperidine rings is 1. The fraction of sp³-hybridized carbons (Fsp3) is 0.417. The number of anilines is 1. The summed E-state index contributed by atoms with van der Waals surface area (Å²) < 4.78 is 1.57. The van der Waals surface area contributed by atoms with Crippen molar-refractivity contribution in [3.63, 3.8) is 0 Å². The number of hydrogen-bond acceptors (Lipinski definition) is 8. The summed E-state index contributed by atoms with van der Waals surface area (Å²) in [6.45, 7) is 2.11. The Morgan fingerprint density at radius 2 is 2.06 bits per heavy atom. The second-order valence-corrected chi connectivity index (χ2v) is 8.67. The van der Waals surface area contributed by atoms with Gasteiger partial charge < -0.3 is 14.3 Å². The molecule has 1 aliphatic heterocycles. The van der Waals surface area contributed by atoms with Crippen LogP contribution in [0.15, 0.2) is 46.7 Å². The van der Waals surface area contributed by atoms with Crippen LogP contribution in [0.3, 0.4) is 0 Å². The molecule has 0 amide bonds. The van der Waals surface area contributed by atoms with Gasteiger partial charge in [-0.05, 0) is 43.7 Å². The first-order valence-corrected chi connectivity index (χ1v) is 11.3. The highest BCUT2D eigenvalue weighted by Gasteiger charge is 2.28. The van der Waals surface area contributed by atoms with Crippen molar-refractivity contribution in [3.8, 4) is 6.07 Å². The molecular formula is C24H25N7O2. The van der Waals surface area contributed by atoms with Gasteiger partial charge >= 0.3 is 0 Å². The molecule has 2 fully saturated rings. The average Bonchev–Trinajstić information content (AvgIpc) is 3.69. The maximum atomic E-state index is 12.6. The van der Waals surface area contributed by atoms with E-state index in [1.165, 1.54) is 12.8 Å². The molecule has 5 rings (SSSR count). The van der Waals surface area contributed by atoms with Crippen molar-refractivity contribution in [3.05, 3.63) is 58.5 Å². The number of nitrogens with zero attached hydrogens (tertiary/aromatic N) is 7. The van der Waals surface area contributed by atoms with Gasteiger partial charge in [-0.3, -0.25) is 14.8 Å². The quantitative estimate of drug-likeness (QED) is 0.425. The maximum absolute atomic E-state index is 12.6. The summed E-state index contributed by atoms with van der Waals surface area (Å²) >= 11 is 0. The van der Waals surface area contributed by atoms with Gasteiger partial charge in [0.2, 0.25) is 0 Å². The van der Waals surface area contributed by atoms with E-state index in [2.05, 4.69) is 31.1 Å². The molecule has 0 spiro atoms. The van der Waals surface area contributed by atoms with E-state index >= 15 is 0 Å². The number of pyridine rings is 2. The van der Waals surface area contributed by atoms with Gasteiger partial charge in [-0.2, -0.15) is 5.26 Å². The number of aromatic nitrogens is 4. The van der Waals surface area contributed by atoms with Crippen LogP contribution in [-0.4, -0.2) is 44.9 Å². The molecular weight excluding hydrogens is 418 g/mol. The molecule has 0 N–H and O–H groups in total. The van der Waals surface area contributed by atoms with Crippen molar-refractivity contribution in [1.82, 2.24) is 19.5 Å². The molecule has 33 heavy (non-hydrogen) atoms. The van der Waals surface area contributed by atoms with Crippen molar-refractivity contribution in [2.24, 2.45) is 24.0 Å². The Kier molecular flexibility index (Phi) is 5.73. The summed E-state index contributed by atoms with van der Waals surface area (Å²) in [6, 6.07) is 7.14. The van der Waals surface area contributed by atoms with E-state index in [-0.39, 0.29) is 11.5 Å². The highest BCUT2D eigenvalue weighted by Crippen LogP contribution is 2.31. The Hall–Kier alpha value is -3.80. The van der Waals surface area contributed by atoms with Crippen LogP contribution in [0, 0.1) is 23.2 Å². The lowest BCUT2D eigenvalue weighted by Gasteiger charge is -2.34. The van der Waals surface area contributed by atoms with Crippen LogP contribution in [0.5, 0.6) is 0 Å². The van der Waals surface area contributed by atoms with Crippen LogP contribution in [0.2, 0.25) is 0 Å². The van der Waals surface area contributed by atoms with Crippen LogP contribution in [-0.2, 0) is 11.9 Å². The molecule has 0 bridgehead atoms. The minimum absolute atomic E-state index is 0.0959. The zero-order valence-corrected chi connectivity index (χ0v) is 18.5. The van der Waals surface area contributed by atoms with Crippen molar-refractivity contribution in [1.29, 1.82) is 5.26 Å². The van der Waals surface area contributed by atoms with E-state index in [1.807, 2.05) is 0 Å². The largest absolute Gasteiger partial charge is 0.395 e. The Morgan fingerprint density at radius 3 is 2.76 bits per heavy atom. The van der Waals surface area contributed by atoms with Crippen molar-refractivity contribution in [2.75, 3.05) is 24.6 Å². The van der Waals surface area contributed by atoms with E-state index in [0.717, 1.165) is 43.0 Å². The minimum Gasteiger partial charge on any atom is -0.395 e. The predicted octanol–water partition coefficient (Wildman–Crippen LogP) is 2.64. The number of oxime groups is 1. The Balaban J connectivity index is 1.40. The Labute approximate surface area is 191 Å². The molecule has 1 aliphatic carbocycles. The third kappa shape index (κ3) is 4.42. The molecule has 0 radical (unpaired) electrons. The van der Waals surface area contributed by atoms with Crippen molar-refractivity contribution < 1.29 is 4.84 Å². The number of rotatable bonds is 6. The third-order valence-electron chi connectivity index (χ3n) is 6.40. The SMILES string of the molecule is Cn1c(=O)cc(N2CCC(/C(=N/OCC3CC3)c3cnccn3)CC2)c2nc(C#N)ccc21. The first-order valence-electron chi connectivity index (χ1n) is 11.3. The molecule has 0 atom stereocenters. The minimum atomic E-state index is -0.0959. The molecule has 3 aromatic rings. The lowest BCUT2D eigenvalue weighted by atomic mass is 9.90. The van der Waals surface area contributed by atoms with Gasteiger partial charge in [0.25, 0.3) is 5.56 Å². The van der Waals surface area contributed by atoms with Gasteiger partial charge in [0.15, 0.2) is 0 Å². The molecule has 1 saturated heterocycles. The molecule has 0 unspecified atom stereocenters. The fourth-order valence-corrected chi connectivity index (χ4v) is 4.27. The number of nitriles is 1. The number of fused-ring (bicyclic) bond motifs is 1. The summed E-state index contributed by atoms with van der Waals surface area (Å²) in [4.78, 5) is 33.6. The van der Waals surface area contributed by atoms with Crippen LogP contribution in [0.25, 0.3) is 11.0 Å². The molecule has 168 valence electrons. The molecule has 2 aliphatic rings. The maximum Gasteiger partial charge on any atom is 0.252 e. The van der Waals surface area contributed by atoms with Crippen LogP contribution in [0.1, 0.15) is 37.1 Å². The smallest absolute Gasteiger partial charge is 0.252 e. The highest BCUT2D eigenvalue weighted by atomic mass is 16.6. The van der Waals surface area contributed by atoms with E-state index in [9.17, 15) is 10.1 Å². The second-order valence-electron chi connectivity index (χ2n) is 8.67. The van der Waals surface area contributed by atoms with E-state index in [1.54, 1.807) is 48.4 Å². The zero-order chi connectivity index (χ0) is 22.8. The van der Waals surface area contributed by atoms with Crippen molar-refractivity contribution in [2.45, 2.75) is 25.7 Å². The van der Waals surface area contributed by atoms with Gasteiger partial charge in [-0.15, -0.1) is 0 Å². The van der Waals surface area contributed by atoms with Gasteiger partial charge in [-0.1, -0.05) is 5.16 Å². The lowest BCUT2D eigenvalue weighted by Crippen LogP contribution is -2.38. The third-order valence-corrected chi connectivity index (χ3v) is 6.40. The summed E-state index contributed by atoms with van der Waals surface area (Å²) in [5.41, 5.74) is 3.97. The zero-order valence-electron chi connectivity index (χ0n) is 18.5. The van der Waals surface area contributed by atoms with E-state index in [4.69, 9.17) is 4.84 Å². The van der Waals surface area contributed by atoms with Gasteiger partial charge in [0.05, 0.1) is 17.4 Å². The van der Waals surface area contributed by atoms with Crippen LogP contribution in [0.4, 0.5) is 5.69 Å². The molecule has 4 heterocycles. The highest BCUT2D eigenvalue weighted by molar-refractivity contribution is 6.00. The average molecular weight is 444 g/mol. The van der Waals surface area contributed by atoms with Crippen molar-refractivity contribution >= 4 is 22.4 Å². The summed E-state index contributed by atoms with van der Waals surface area (Å²) in [7, 11) is 1.72.